The molecule has 0 radical (unpaired) electrons. The molecule has 0 spiro atoms. The predicted molar refractivity (Wildman–Crippen MR) is 62.0 cm³/mol. The SMILES string of the molecule is CC(C)C(C)n1cncc1C1CCNC1. The minimum atomic E-state index is 0.545. The van der Waals surface area contributed by atoms with Crippen LogP contribution in [0, 0.1) is 5.92 Å². The second-order valence-electron chi connectivity index (χ2n) is 4.90. The molecule has 0 aliphatic carbocycles. The molecule has 3 heteroatoms. The van der Waals surface area contributed by atoms with E-state index in [-0.39, 0.29) is 0 Å². The van der Waals surface area contributed by atoms with Gasteiger partial charge in [-0.1, -0.05) is 13.8 Å². The summed E-state index contributed by atoms with van der Waals surface area (Å²) in [5, 5.41) is 3.41. The van der Waals surface area contributed by atoms with Gasteiger partial charge in [0.05, 0.1) is 6.33 Å². The van der Waals surface area contributed by atoms with Gasteiger partial charge >= 0.3 is 0 Å². The second-order valence-corrected chi connectivity index (χ2v) is 4.90. The Kier molecular flexibility index (Phi) is 3.10. The highest BCUT2D eigenvalue weighted by Gasteiger charge is 2.22. The summed E-state index contributed by atoms with van der Waals surface area (Å²) in [6, 6.07) is 0.545. The molecule has 1 aliphatic rings. The zero-order valence-corrected chi connectivity index (χ0v) is 9.90. The lowest BCUT2D eigenvalue weighted by atomic mass is 10.0. The molecule has 2 unspecified atom stereocenters. The quantitative estimate of drug-likeness (QED) is 0.823. The lowest BCUT2D eigenvalue weighted by molar-refractivity contribution is 0.392. The van der Waals surface area contributed by atoms with Crippen LogP contribution in [0.25, 0.3) is 0 Å². The molecule has 0 aromatic carbocycles. The van der Waals surface area contributed by atoms with E-state index in [9.17, 15) is 0 Å². The topological polar surface area (TPSA) is 29.9 Å². The molecular formula is C12H21N3. The van der Waals surface area contributed by atoms with Crippen LogP contribution in [0.15, 0.2) is 12.5 Å². The summed E-state index contributed by atoms with van der Waals surface area (Å²) < 4.78 is 2.35. The zero-order chi connectivity index (χ0) is 10.8. The van der Waals surface area contributed by atoms with Crippen LogP contribution in [-0.4, -0.2) is 22.6 Å². The number of aromatic nitrogens is 2. The van der Waals surface area contributed by atoms with E-state index in [0.29, 0.717) is 17.9 Å². The Morgan fingerprint density at radius 2 is 2.27 bits per heavy atom. The molecule has 0 amide bonds. The Hall–Kier alpha value is -0.830. The minimum Gasteiger partial charge on any atom is -0.331 e. The number of hydrogen-bond donors (Lipinski definition) is 1. The largest absolute Gasteiger partial charge is 0.331 e. The van der Waals surface area contributed by atoms with E-state index in [1.165, 1.54) is 12.1 Å². The van der Waals surface area contributed by atoms with Crippen LogP contribution in [0.3, 0.4) is 0 Å². The summed E-state index contributed by atoms with van der Waals surface area (Å²) in [7, 11) is 0. The molecule has 1 N–H and O–H groups in total. The maximum Gasteiger partial charge on any atom is 0.0950 e. The van der Waals surface area contributed by atoms with Crippen molar-refractivity contribution in [2.75, 3.05) is 13.1 Å². The van der Waals surface area contributed by atoms with Gasteiger partial charge in [-0.3, -0.25) is 0 Å². The van der Waals surface area contributed by atoms with E-state index in [1.54, 1.807) is 0 Å². The summed E-state index contributed by atoms with van der Waals surface area (Å²) in [6.45, 7) is 9.06. The van der Waals surface area contributed by atoms with Gasteiger partial charge in [-0.15, -0.1) is 0 Å². The number of hydrogen-bond acceptors (Lipinski definition) is 2. The van der Waals surface area contributed by atoms with E-state index < -0.39 is 0 Å². The van der Waals surface area contributed by atoms with Crippen LogP contribution in [0.5, 0.6) is 0 Å². The molecule has 15 heavy (non-hydrogen) atoms. The van der Waals surface area contributed by atoms with Crippen LogP contribution in [0.1, 0.15) is 44.8 Å². The first-order valence-corrected chi connectivity index (χ1v) is 5.92. The fourth-order valence-electron chi connectivity index (χ4n) is 2.20. The fraction of sp³-hybridized carbons (Fsp3) is 0.750. The summed E-state index contributed by atoms with van der Waals surface area (Å²) in [5.41, 5.74) is 1.40. The smallest absolute Gasteiger partial charge is 0.0950 e. The first-order valence-electron chi connectivity index (χ1n) is 5.92. The normalized spacial score (nSPS) is 23.6. The number of nitrogens with one attached hydrogen (secondary N) is 1. The van der Waals surface area contributed by atoms with Gasteiger partial charge in [0, 0.05) is 30.4 Å². The molecule has 1 saturated heterocycles. The van der Waals surface area contributed by atoms with Crippen LogP contribution in [-0.2, 0) is 0 Å². The zero-order valence-electron chi connectivity index (χ0n) is 9.90. The van der Waals surface area contributed by atoms with Crippen molar-refractivity contribution >= 4 is 0 Å². The van der Waals surface area contributed by atoms with E-state index in [2.05, 4.69) is 35.6 Å². The summed E-state index contributed by atoms with van der Waals surface area (Å²) in [5.74, 6) is 1.32. The summed E-state index contributed by atoms with van der Waals surface area (Å²) in [6.07, 6.45) is 5.27. The molecule has 1 aromatic heterocycles. The van der Waals surface area contributed by atoms with Crippen molar-refractivity contribution in [2.24, 2.45) is 5.92 Å². The van der Waals surface area contributed by atoms with Gasteiger partial charge < -0.3 is 9.88 Å². The molecule has 1 aromatic rings. The third kappa shape index (κ3) is 2.07. The molecule has 2 heterocycles. The highest BCUT2D eigenvalue weighted by atomic mass is 15.1. The van der Waals surface area contributed by atoms with Crippen molar-refractivity contribution in [3.05, 3.63) is 18.2 Å². The molecule has 84 valence electrons. The Morgan fingerprint density at radius 1 is 1.47 bits per heavy atom. The van der Waals surface area contributed by atoms with Crippen molar-refractivity contribution in [2.45, 2.75) is 39.2 Å². The maximum absolute atomic E-state index is 4.31. The van der Waals surface area contributed by atoms with Gasteiger partial charge in [-0.05, 0) is 25.8 Å². The minimum absolute atomic E-state index is 0.545. The molecule has 3 nitrogen and oxygen atoms in total. The molecular weight excluding hydrogens is 186 g/mol. The number of imidazole rings is 1. The van der Waals surface area contributed by atoms with E-state index in [4.69, 9.17) is 0 Å². The van der Waals surface area contributed by atoms with Gasteiger partial charge in [-0.2, -0.15) is 0 Å². The molecule has 1 fully saturated rings. The van der Waals surface area contributed by atoms with Crippen molar-refractivity contribution < 1.29 is 0 Å². The van der Waals surface area contributed by atoms with Crippen molar-refractivity contribution in [1.82, 2.24) is 14.9 Å². The van der Waals surface area contributed by atoms with E-state index >= 15 is 0 Å². The van der Waals surface area contributed by atoms with Crippen LogP contribution in [0.2, 0.25) is 0 Å². The average Bonchev–Trinajstić information content (AvgIpc) is 2.86. The summed E-state index contributed by atoms with van der Waals surface area (Å²) in [4.78, 5) is 4.31. The number of nitrogens with zero attached hydrogens (tertiary/aromatic N) is 2. The third-order valence-electron chi connectivity index (χ3n) is 3.58. The Labute approximate surface area is 91.9 Å². The van der Waals surface area contributed by atoms with Gasteiger partial charge in [-0.25, -0.2) is 4.98 Å². The molecule has 2 rings (SSSR count). The summed E-state index contributed by atoms with van der Waals surface area (Å²) >= 11 is 0. The molecule has 0 saturated carbocycles. The van der Waals surface area contributed by atoms with Gasteiger partial charge in [0.15, 0.2) is 0 Å². The lowest BCUT2D eigenvalue weighted by Gasteiger charge is -2.22. The maximum atomic E-state index is 4.31. The van der Waals surface area contributed by atoms with Crippen LogP contribution in [0.4, 0.5) is 0 Å². The van der Waals surface area contributed by atoms with Crippen molar-refractivity contribution in [3.8, 4) is 0 Å². The van der Waals surface area contributed by atoms with Gasteiger partial charge in [0.2, 0.25) is 0 Å². The van der Waals surface area contributed by atoms with Crippen molar-refractivity contribution in [3.63, 3.8) is 0 Å². The Morgan fingerprint density at radius 3 is 2.87 bits per heavy atom. The predicted octanol–water partition coefficient (Wildman–Crippen LogP) is 2.18. The second kappa shape index (κ2) is 4.35. The van der Waals surface area contributed by atoms with E-state index in [0.717, 1.165) is 13.1 Å². The standard InChI is InChI=1S/C12H21N3/c1-9(2)10(3)15-8-14-7-12(15)11-4-5-13-6-11/h7-11,13H,4-6H2,1-3H3. The highest BCUT2D eigenvalue weighted by molar-refractivity contribution is 5.10. The van der Waals surface area contributed by atoms with E-state index in [1.807, 2.05) is 12.5 Å². The molecule has 2 atom stereocenters. The van der Waals surface area contributed by atoms with Crippen LogP contribution < -0.4 is 5.32 Å². The lowest BCUT2D eigenvalue weighted by Crippen LogP contribution is -2.17. The first-order chi connectivity index (χ1) is 7.20. The van der Waals surface area contributed by atoms with Gasteiger partial charge in [0.25, 0.3) is 0 Å². The highest BCUT2D eigenvalue weighted by Crippen LogP contribution is 2.27. The molecule has 1 aliphatic heterocycles. The van der Waals surface area contributed by atoms with Gasteiger partial charge in [0.1, 0.15) is 0 Å². The Balaban J connectivity index is 2.21. The molecule has 0 bridgehead atoms. The third-order valence-corrected chi connectivity index (χ3v) is 3.58. The number of rotatable bonds is 3. The first kappa shape index (κ1) is 10.7. The monoisotopic (exact) mass is 207 g/mol. The van der Waals surface area contributed by atoms with Crippen LogP contribution >= 0.6 is 0 Å². The average molecular weight is 207 g/mol. The van der Waals surface area contributed by atoms with Crippen molar-refractivity contribution in [1.29, 1.82) is 0 Å². The fourth-order valence-corrected chi connectivity index (χ4v) is 2.20. The Bertz CT molecular complexity index is 294.